The molecule has 1 aromatic heterocycles. The van der Waals surface area contributed by atoms with Crippen LogP contribution < -0.4 is 11.1 Å². The second-order valence-electron chi connectivity index (χ2n) is 4.42. The summed E-state index contributed by atoms with van der Waals surface area (Å²) in [7, 11) is 1.66. The lowest BCUT2D eigenvalue weighted by Crippen LogP contribution is -2.16. The van der Waals surface area contributed by atoms with E-state index in [9.17, 15) is 0 Å². The molecular weight excluding hydrogens is 232 g/mol. The Morgan fingerprint density at radius 2 is 2.06 bits per heavy atom. The zero-order valence-electron chi connectivity index (χ0n) is 11.7. The van der Waals surface area contributed by atoms with Crippen LogP contribution in [0.3, 0.4) is 0 Å². The third-order valence-electron chi connectivity index (χ3n) is 2.59. The maximum absolute atomic E-state index is 6.00. The number of nitrogens with two attached hydrogens (primary N) is 1. The van der Waals surface area contributed by atoms with Gasteiger partial charge in [-0.1, -0.05) is 0 Å². The van der Waals surface area contributed by atoms with Crippen LogP contribution in [0.25, 0.3) is 0 Å². The van der Waals surface area contributed by atoms with Gasteiger partial charge in [-0.25, -0.2) is 4.68 Å². The second-order valence-corrected chi connectivity index (χ2v) is 4.42. The molecule has 0 spiro atoms. The fourth-order valence-corrected chi connectivity index (χ4v) is 1.60. The third-order valence-corrected chi connectivity index (χ3v) is 2.59. The minimum absolute atomic E-state index is 0.276. The fraction of sp³-hybridized carbons (Fsp3) is 0.750. The summed E-state index contributed by atoms with van der Waals surface area (Å²) in [4.78, 5) is 0. The summed E-state index contributed by atoms with van der Waals surface area (Å²) in [6.07, 6.45) is 0. The molecule has 6 nitrogen and oxygen atoms in total. The number of anilines is 2. The first-order valence-corrected chi connectivity index (χ1v) is 6.23. The number of nitrogens with one attached hydrogen (secondary N) is 1. The van der Waals surface area contributed by atoms with E-state index in [1.54, 1.807) is 7.11 Å². The molecule has 104 valence electrons. The molecule has 0 saturated heterocycles. The Morgan fingerprint density at radius 1 is 1.33 bits per heavy atom. The summed E-state index contributed by atoms with van der Waals surface area (Å²) in [5.74, 6) is 0.873. The molecule has 0 saturated carbocycles. The summed E-state index contributed by atoms with van der Waals surface area (Å²) in [6.45, 7) is 8.60. The Labute approximate surface area is 108 Å². The van der Waals surface area contributed by atoms with Crippen LogP contribution in [0.4, 0.5) is 11.5 Å². The lowest BCUT2D eigenvalue weighted by atomic mass is 10.3. The van der Waals surface area contributed by atoms with Crippen molar-refractivity contribution in [1.29, 1.82) is 0 Å². The van der Waals surface area contributed by atoms with Crippen molar-refractivity contribution in [1.82, 2.24) is 9.78 Å². The van der Waals surface area contributed by atoms with Crippen LogP contribution in [0.2, 0.25) is 0 Å². The summed E-state index contributed by atoms with van der Waals surface area (Å²) in [5.41, 5.74) is 7.56. The molecule has 0 aromatic carbocycles. The molecule has 0 atom stereocenters. The van der Waals surface area contributed by atoms with Crippen LogP contribution in [0.1, 0.15) is 25.6 Å². The molecule has 0 aliphatic rings. The van der Waals surface area contributed by atoms with Gasteiger partial charge in [0.05, 0.1) is 31.2 Å². The number of aromatic nitrogens is 2. The molecule has 1 heterocycles. The van der Waals surface area contributed by atoms with Crippen LogP contribution >= 0.6 is 0 Å². The first-order valence-electron chi connectivity index (χ1n) is 6.23. The van der Waals surface area contributed by atoms with E-state index in [0.29, 0.717) is 32.1 Å². The van der Waals surface area contributed by atoms with Crippen molar-refractivity contribution in [2.45, 2.75) is 26.8 Å². The van der Waals surface area contributed by atoms with Crippen LogP contribution in [0.15, 0.2) is 0 Å². The van der Waals surface area contributed by atoms with Crippen molar-refractivity contribution in [3.05, 3.63) is 5.69 Å². The maximum Gasteiger partial charge on any atom is 0.148 e. The highest BCUT2D eigenvalue weighted by atomic mass is 16.5. The number of ether oxygens (including phenoxy) is 2. The van der Waals surface area contributed by atoms with Gasteiger partial charge < -0.3 is 20.5 Å². The predicted octanol–water partition coefficient (Wildman–Crippen LogP) is 1.43. The molecule has 18 heavy (non-hydrogen) atoms. The molecule has 0 fully saturated rings. The third kappa shape index (κ3) is 3.89. The Kier molecular flexibility index (Phi) is 5.94. The maximum atomic E-state index is 6.00. The van der Waals surface area contributed by atoms with E-state index < -0.39 is 0 Å². The minimum Gasteiger partial charge on any atom is -0.394 e. The number of methoxy groups -OCH3 is 1. The predicted molar refractivity (Wildman–Crippen MR) is 72.9 cm³/mol. The van der Waals surface area contributed by atoms with Gasteiger partial charge in [0, 0.05) is 19.7 Å². The van der Waals surface area contributed by atoms with Gasteiger partial charge in [-0.2, -0.15) is 5.10 Å². The SMILES string of the molecule is COCCOCCNc1c(N)c(C)nn1C(C)C. The average molecular weight is 256 g/mol. The zero-order chi connectivity index (χ0) is 13.5. The lowest BCUT2D eigenvalue weighted by Gasteiger charge is -2.13. The molecule has 1 aromatic rings. The van der Waals surface area contributed by atoms with Gasteiger partial charge in [-0.3, -0.25) is 0 Å². The molecule has 6 heteroatoms. The Hall–Kier alpha value is -1.27. The second kappa shape index (κ2) is 7.23. The molecule has 0 unspecified atom stereocenters. The molecule has 0 aliphatic heterocycles. The monoisotopic (exact) mass is 256 g/mol. The van der Waals surface area contributed by atoms with Crippen molar-refractivity contribution in [3.8, 4) is 0 Å². The topological polar surface area (TPSA) is 74.3 Å². The number of aryl methyl sites for hydroxylation is 1. The van der Waals surface area contributed by atoms with Gasteiger partial charge in [0.25, 0.3) is 0 Å². The molecule has 0 radical (unpaired) electrons. The van der Waals surface area contributed by atoms with E-state index in [1.807, 2.05) is 11.6 Å². The van der Waals surface area contributed by atoms with Crippen molar-refractivity contribution < 1.29 is 9.47 Å². The molecule has 1 rings (SSSR count). The number of hydrogen-bond donors (Lipinski definition) is 2. The van der Waals surface area contributed by atoms with E-state index in [1.165, 1.54) is 0 Å². The average Bonchev–Trinajstić information content (AvgIpc) is 2.61. The Balaban J connectivity index is 2.46. The van der Waals surface area contributed by atoms with Gasteiger partial charge in [0.15, 0.2) is 0 Å². The highest BCUT2D eigenvalue weighted by Gasteiger charge is 2.13. The van der Waals surface area contributed by atoms with Gasteiger partial charge in [-0.05, 0) is 20.8 Å². The first kappa shape index (κ1) is 14.8. The lowest BCUT2D eigenvalue weighted by molar-refractivity contribution is 0.0758. The quantitative estimate of drug-likeness (QED) is 0.688. The van der Waals surface area contributed by atoms with Crippen molar-refractivity contribution in [3.63, 3.8) is 0 Å². The number of nitrogens with zero attached hydrogens (tertiary/aromatic N) is 2. The fourth-order valence-electron chi connectivity index (χ4n) is 1.60. The van der Waals surface area contributed by atoms with Gasteiger partial charge in [0.2, 0.25) is 0 Å². The molecule has 0 amide bonds. The largest absolute Gasteiger partial charge is 0.394 e. The van der Waals surface area contributed by atoms with Crippen molar-refractivity contribution in [2.24, 2.45) is 0 Å². The summed E-state index contributed by atoms with van der Waals surface area (Å²) >= 11 is 0. The molecule has 3 N–H and O–H groups in total. The van der Waals surface area contributed by atoms with Crippen molar-refractivity contribution in [2.75, 3.05) is 44.5 Å². The van der Waals surface area contributed by atoms with Crippen LogP contribution in [0, 0.1) is 6.92 Å². The normalized spacial score (nSPS) is 11.2. The van der Waals surface area contributed by atoms with E-state index in [0.717, 1.165) is 11.5 Å². The summed E-state index contributed by atoms with van der Waals surface area (Å²) in [5, 5.41) is 7.68. The highest BCUT2D eigenvalue weighted by molar-refractivity contribution is 5.64. The van der Waals surface area contributed by atoms with Crippen LogP contribution in [-0.4, -0.2) is 43.3 Å². The minimum atomic E-state index is 0.276. The molecular formula is C12H24N4O2. The summed E-state index contributed by atoms with van der Waals surface area (Å²) < 4.78 is 12.2. The number of hydrogen-bond acceptors (Lipinski definition) is 5. The van der Waals surface area contributed by atoms with Gasteiger partial charge in [-0.15, -0.1) is 0 Å². The number of nitrogen functional groups attached to an aromatic ring is 1. The van der Waals surface area contributed by atoms with Gasteiger partial charge >= 0.3 is 0 Å². The summed E-state index contributed by atoms with van der Waals surface area (Å²) in [6, 6.07) is 0.276. The van der Waals surface area contributed by atoms with Gasteiger partial charge in [0.1, 0.15) is 5.82 Å². The van der Waals surface area contributed by atoms with Crippen LogP contribution in [0.5, 0.6) is 0 Å². The van der Waals surface area contributed by atoms with Crippen molar-refractivity contribution >= 4 is 11.5 Å². The standard InChI is InChI=1S/C12H24N4O2/c1-9(2)16-12(11(13)10(3)15-16)14-5-6-18-8-7-17-4/h9,14H,5-8,13H2,1-4H3. The molecule has 0 aliphatic carbocycles. The highest BCUT2D eigenvalue weighted by Crippen LogP contribution is 2.25. The van der Waals surface area contributed by atoms with E-state index >= 15 is 0 Å². The first-order chi connectivity index (χ1) is 8.57. The molecule has 0 bridgehead atoms. The van der Waals surface area contributed by atoms with Crippen LogP contribution in [-0.2, 0) is 9.47 Å². The van der Waals surface area contributed by atoms with E-state index in [2.05, 4.69) is 24.3 Å². The Morgan fingerprint density at radius 3 is 2.67 bits per heavy atom. The number of rotatable bonds is 8. The van der Waals surface area contributed by atoms with E-state index in [4.69, 9.17) is 15.2 Å². The zero-order valence-corrected chi connectivity index (χ0v) is 11.7. The smallest absolute Gasteiger partial charge is 0.148 e. The Bertz CT molecular complexity index is 363. The van der Waals surface area contributed by atoms with E-state index in [-0.39, 0.29) is 6.04 Å².